The molecule has 1 rings (SSSR count). The van der Waals surface area contributed by atoms with Gasteiger partial charge in [0.25, 0.3) is 0 Å². The molecule has 1 aliphatic heterocycles. The lowest BCUT2D eigenvalue weighted by molar-refractivity contribution is -0.319. The highest BCUT2D eigenvalue weighted by atomic mass is 16.7. The van der Waals surface area contributed by atoms with Crippen LogP contribution in [0, 0.1) is 5.41 Å². The molecule has 17 heavy (non-hydrogen) atoms. The Morgan fingerprint density at radius 2 is 1.94 bits per heavy atom. The van der Waals surface area contributed by atoms with E-state index in [9.17, 15) is 4.79 Å². The van der Waals surface area contributed by atoms with Gasteiger partial charge in [-0.1, -0.05) is 20.8 Å². The lowest BCUT2D eigenvalue weighted by Gasteiger charge is -2.45. The fourth-order valence-corrected chi connectivity index (χ4v) is 1.95. The third-order valence-corrected chi connectivity index (χ3v) is 2.79. The minimum absolute atomic E-state index is 0.0511. The van der Waals surface area contributed by atoms with E-state index in [1.165, 1.54) is 6.92 Å². The van der Waals surface area contributed by atoms with Crippen LogP contribution in [0.4, 0.5) is 0 Å². The predicted molar refractivity (Wildman–Crippen MR) is 64.5 cm³/mol. The number of carbonyl (C=O) groups is 1. The summed E-state index contributed by atoms with van der Waals surface area (Å²) in [4.78, 5) is 10.8. The van der Waals surface area contributed by atoms with Gasteiger partial charge >= 0.3 is 5.97 Å². The highest BCUT2D eigenvalue weighted by Crippen LogP contribution is 2.35. The van der Waals surface area contributed by atoms with E-state index >= 15 is 0 Å². The molecule has 0 saturated carbocycles. The first-order chi connectivity index (χ1) is 7.60. The van der Waals surface area contributed by atoms with Crippen LogP contribution in [0.15, 0.2) is 0 Å². The highest BCUT2D eigenvalue weighted by Gasteiger charge is 2.40. The third-order valence-electron chi connectivity index (χ3n) is 2.79. The Labute approximate surface area is 104 Å². The Morgan fingerprint density at radius 3 is 2.41 bits per heavy atom. The predicted octanol–water partition coefficient (Wildman–Crippen LogP) is 2.51. The van der Waals surface area contributed by atoms with Gasteiger partial charge in [-0.05, 0) is 19.3 Å². The molecule has 4 nitrogen and oxygen atoms in total. The molecule has 0 amide bonds. The second-order valence-electron chi connectivity index (χ2n) is 6.15. The molecule has 1 aliphatic rings. The smallest absolute Gasteiger partial charge is 0.302 e. The fourth-order valence-electron chi connectivity index (χ4n) is 1.95. The molecule has 2 atom stereocenters. The second-order valence-corrected chi connectivity index (χ2v) is 6.15. The van der Waals surface area contributed by atoms with Gasteiger partial charge in [0.1, 0.15) is 6.61 Å². The number of rotatable bonds is 2. The number of hydrogen-bond donors (Lipinski definition) is 0. The Kier molecular flexibility index (Phi) is 4.20. The van der Waals surface area contributed by atoms with E-state index < -0.39 is 5.79 Å². The van der Waals surface area contributed by atoms with E-state index in [2.05, 4.69) is 20.8 Å². The van der Waals surface area contributed by atoms with Crippen LogP contribution in [-0.2, 0) is 19.0 Å². The molecule has 100 valence electrons. The quantitative estimate of drug-likeness (QED) is 0.700. The SMILES string of the molecule is CC(=O)OC[C@@H]1C[C@H](C(C)(C)C)OC(C)(C)O1. The van der Waals surface area contributed by atoms with Crippen LogP contribution < -0.4 is 0 Å². The Bertz CT molecular complexity index is 278. The average Bonchev–Trinajstić information content (AvgIpc) is 2.10. The molecule has 0 aromatic rings. The minimum Gasteiger partial charge on any atom is -0.463 e. The summed E-state index contributed by atoms with van der Waals surface area (Å²) >= 11 is 0. The van der Waals surface area contributed by atoms with E-state index in [0.29, 0.717) is 6.61 Å². The zero-order valence-corrected chi connectivity index (χ0v) is 11.7. The molecule has 0 aromatic carbocycles. The second kappa shape index (κ2) is 4.94. The van der Waals surface area contributed by atoms with Crippen LogP contribution in [0.25, 0.3) is 0 Å². The van der Waals surface area contributed by atoms with Gasteiger partial charge in [-0.25, -0.2) is 0 Å². The number of carbonyl (C=O) groups excluding carboxylic acids is 1. The molecular weight excluding hydrogens is 220 g/mol. The van der Waals surface area contributed by atoms with Gasteiger partial charge in [0, 0.05) is 13.3 Å². The monoisotopic (exact) mass is 244 g/mol. The molecule has 1 heterocycles. The van der Waals surface area contributed by atoms with Crippen LogP contribution in [0.3, 0.4) is 0 Å². The largest absolute Gasteiger partial charge is 0.463 e. The summed E-state index contributed by atoms with van der Waals surface area (Å²) in [6.45, 7) is 11.9. The molecule has 0 radical (unpaired) electrons. The van der Waals surface area contributed by atoms with Gasteiger partial charge in [0.15, 0.2) is 5.79 Å². The molecule has 0 bridgehead atoms. The summed E-state index contributed by atoms with van der Waals surface area (Å²) in [5.41, 5.74) is 0.0511. The van der Waals surface area contributed by atoms with Crippen molar-refractivity contribution < 1.29 is 19.0 Å². The van der Waals surface area contributed by atoms with Crippen molar-refractivity contribution in [2.24, 2.45) is 5.41 Å². The van der Waals surface area contributed by atoms with Crippen molar-refractivity contribution in [3.8, 4) is 0 Å². The number of hydrogen-bond acceptors (Lipinski definition) is 4. The van der Waals surface area contributed by atoms with Crippen molar-refractivity contribution in [1.29, 1.82) is 0 Å². The lowest BCUT2D eigenvalue weighted by Crippen LogP contribution is -2.50. The number of esters is 1. The maximum atomic E-state index is 10.8. The first-order valence-corrected chi connectivity index (χ1v) is 6.09. The van der Waals surface area contributed by atoms with Gasteiger partial charge < -0.3 is 14.2 Å². The normalized spacial score (nSPS) is 28.8. The van der Waals surface area contributed by atoms with E-state index in [4.69, 9.17) is 14.2 Å². The van der Waals surface area contributed by atoms with Crippen molar-refractivity contribution in [2.75, 3.05) is 6.61 Å². The molecule has 0 spiro atoms. The summed E-state index contributed by atoms with van der Waals surface area (Å²) in [5, 5.41) is 0. The molecule has 0 aliphatic carbocycles. The van der Waals surface area contributed by atoms with Crippen molar-refractivity contribution in [1.82, 2.24) is 0 Å². The molecular formula is C13H24O4. The van der Waals surface area contributed by atoms with Crippen molar-refractivity contribution in [3.05, 3.63) is 0 Å². The van der Waals surface area contributed by atoms with Crippen LogP contribution in [0.5, 0.6) is 0 Å². The summed E-state index contributed by atoms with van der Waals surface area (Å²) in [5.74, 6) is -0.897. The van der Waals surface area contributed by atoms with E-state index in [1.54, 1.807) is 0 Å². The van der Waals surface area contributed by atoms with E-state index in [0.717, 1.165) is 6.42 Å². The molecule has 4 heteroatoms. The zero-order valence-electron chi connectivity index (χ0n) is 11.7. The molecule has 1 saturated heterocycles. The van der Waals surface area contributed by atoms with Crippen LogP contribution >= 0.6 is 0 Å². The summed E-state index contributed by atoms with van der Waals surface area (Å²) in [7, 11) is 0. The van der Waals surface area contributed by atoms with Gasteiger partial charge in [0.2, 0.25) is 0 Å². The Morgan fingerprint density at radius 1 is 1.35 bits per heavy atom. The van der Waals surface area contributed by atoms with Crippen LogP contribution in [0.2, 0.25) is 0 Å². The van der Waals surface area contributed by atoms with Crippen LogP contribution in [-0.4, -0.2) is 30.6 Å². The lowest BCUT2D eigenvalue weighted by atomic mass is 9.85. The summed E-state index contributed by atoms with van der Waals surface area (Å²) in [6, 6.07) is 0. The maximum absolute atomic E-state index is 10.8. The Hall–Kier alpha value is -0.610. The maximum Gasteiger partial charge on any atom is 0.302 e. The molecule has 1 fully saturated rings. The topological polar surface area (TPSA) is 44.8 Å². The first kappa shape index (κ1) is 14.5. The van der Waals surface area contributed by atoms with E-state index in [1.807, 2.05) is 13.8 Å². The molecule has 0 N–H and O–H groups in total. The zero-order chi connectivity index (χ0) is 13.3. The van der Waals surface area contributed by atoms with Gasteiger partial charge in [0.05, 0.1) is 12.2 Å². The van der Waals surface area contributed by atoms with Crippen molar-refractivity contribution in [3.63, 3.8) is 0 Å². The molecule has 0 aromatic heterocycles. The van der Waals surface area contributed by atoms with Gasteiger partial charge in [-0.15, -0.1) is 0 Å². The Balaban J connectivity index is 2.64. The summed E-state index contributed by atoms with van der Waals surface area (Å²) < 4.78 is 16.7. The van der Waals surface area contributed by atoms with Crippen molar-refractivity contribution in [2.45, 2.75) is 66.0 Å². The third kappa shape index (κ3) is 4.64. The summed E-state index contributed by atoms with van der Waals surface area (Å²) in [6.07, 6.45) is 0.763. The van der Waals surface area contributed by atoms with Crippen molar-refractivity contribution >= 4 is 5.97 Å². The first-order valence-electron chi connectivity index (χ1n) is 6.09. The highest BCUT2D eigenvalue weighted by molar-refractivity contribution is 5.65. The number of ether oxygens (including phenoxy) is 3. The van der Waals surface area contributed by atoms with E-state index in [-0.39, 0.29) is 23.6 Å². The fraction of sp³-hybridized carbons (Fsp3) is 0.923. The van der Waals surface area contributed by atoms with Gasteiger partial charge in [-0.2, -0.15) is 0 Å². The molecule has 0 unspecified atom stereocenters. The van der Waals surface area contributed by atoms with Crippen LogP contribution in [0.1, 0.15) is 48.0 Å². The standard InChI is InChI=1S/C13H24O4/c1-9(14)15-8-10-7-11(12(2,3)4)17-13(5,6)16-10/h10-11H,7-8H2,1-6H3/t10-,11+/m0/s1. The average molecular weight is 244 g/mol. The van der Waals surface area contributed by atoms with Gasteiger partial charge in [-0.3, -0.25) is 4.79 Å². The minimum atomic E-state index is -0.624.